The molecule has 0 aliphatic heterocycles. The summed E-state index contributed by atoms with van der Waals surface area (Å²) in [5.41, 5.74) is 5.77. The second-order valence-corrected chi connectivity index (χ2v) is 6.42. The number of hydrogen-bond donors (Lipinski definition) is 2. The molecule has 2 N–H and O–H groups in total. The van der Waals surface area contributed by atoms with Crippen LogP contribution in [-0.2, 0) is 0 Å². The molecule has 0 radical (unpaired) electrons. The van der Waals surface area contributed by atoms with Crippen molar-refractivity contribution < 1.29 is 5.11 Å². The van der Waals surface area contributed by atoms with Crippen molar-refractivity contribution in [2.24, 2.45) is 5.10 Å². The van der Waals surface area contributed by atoms with E-state index in [9.17, 15) is 5.11 Å². The molecule has 98 valence electrons. The molecule has 2 aromatic rings. The quantitative estimate of drug-likeness (QED) is 0.392. The van der Waals surface area contributed by atoms with Crippen molar-refractivity contribution >= 4 is 57.1 Å². The molecule has 19 heavy (non-hydrogen) atoms. The summed E-state index contributed by atoms with van der Waals surface area (Å²) in [5, 5.41) is 14.1. The third-order valence-corrected chi connectivity index (χ3v) is 4.04. The Morgan fingerprint density at radius 1 is 1.21 bits per heavy atom. The molecule has 0 aromatic heterocycles. The molecule has 0 atom stereocenters. The zero-order valence-corrected chi connectivity index (χ0v) is 14.5. The molecule has 2 rings (SSSR count). The van der Waals surface area contributed by atoms with Crippen LogP contribution in [0, 0.1) is 14.1 Å². The van der Waals surface area contributed by atoms with Crippen molar-refractivity contribution in [2.75, 3.05) is 5.43 Å². The highest BCUT2D eigenvalue weighted by atomic mass is 127. The smallest absolute Gasteiger partial charge is 0.137 e. The molecule has 3 nitrogen and oxygen atoms in total. The van der Waals surface area contributed by atoms with Gasteiger partial charge in [0.1, 0.15) is 5.75 Å². The Balaban J connectivity index is 2.18. The number of nitrogens with zero attached hydrogens (tertiary/aromatic N) is 1. The van der Waals surface area contributed by atoms with Gasteiger partial charge < -0.3 is 5.11 Å². The molecule has 0 bridgehead atoms. The van der Waals surface area contributed by atoms with Gasteiger partial charge in [-0.1, -0.05) is 18.2 Å². The SMILES string of the molecule is Cc1ccccc1NN=Cc1cc(I)cc(I)c1O. The lowest BCUT2D eigenvalue weighted by atomic mass is 10.2. The highest BCUT2D eigenvalue weighted by Crippen LogP contribution is 2.25. The lowest BCUT2D eigenvalue weighted by Crippen LogP contribution is -1.94. The molecule has 0 heterocycles. The number of benzene rings is 2. The topological polar surface area (TPSA) is 44.6 Å². The monoisotopic (exact) mass is 478 g/mol. The van der Waals surface area contributed by atoms with E-state index in [1.54, 1.807) is 6.21 Å². The highest BCUT2D eigenvalue weighted by Gasteiger charge is 2.05. The third-order valence-electron chi connectivity index (χ3n) is 2.59. The second kappa shape index (κ2) is 6.56. The predicted molar refractivity (Wildman–Crippen MR) is 95.9 cm³/mol. The number of aryl methyl sites for hydroxylation is 1. The number of nitrogens with one attached hydrogen (secondary N) is 1. The number of phenols is 1. The normalized spacial score (nSPS) is 10.9. The minimum Gasteiger partial charge on any atom is -0.506 e. The van der Waals surface area contributed by atoms with Gasteiger partial charge in [-0.25, -0.2) is 0 Å². The van der Waals surface area contributed by atoms with Gasteiger partial charge in [-0.2, -0.15) is 5.10 Å². The number of rotatable bonds is 3. The summed E-state index contributed by atoms with van der Waals surface area (Å²) in [5.74, 6) is 0.261. The first kappa shape index (κ1) is 14.6. The van der Waals surface area contributed by atoms with Crippen molar-refractivity contribution in [3.63, 3.8) is 0 Å². The van der Waals surface area contributed by atoms with E-state index in [0.717, 1.165) is 18.4 Å². The van der Waals surface area contributed by atoms with Crippen molar-refractivity contribution in [2.45, 2.75) is 6.92 Å². The van der Waals surface area contributed by atoms with Crippen LogP contribution in [0.15, 0.2) is 41.5 Å². The molecule has 2 aromatic carbocycles. The van der Waals surface area contributed by atoms with E-state index >= 15 is 0 Å². The van der Waals surface area contributed by atoms with E-state index in [1.807, 2.05) is 43.3 Å². The van der Waals surface area contributed by atoms with Crippen molar-refractivity contribution in [3.05, 3.63) is 54.7 Å². The van der Waals surface area contributed by atoms with Gasteiger partial charge in [0, 0.05) is 9.13 Å². The fraction of sp³-hybridized carbons (Fsp3) is 0.0714. The van der Waals surface area contributed by atoms with Crippen LogP contribution in [0.4, 0.5) is 5.69 Å². The van der Waals surface area contributed by atoms with Gasteiger partial charge in [0.15, 0.2) is 0 Å². The zero-order chi connectivity index (χ0) is 13.8. The van der Waals surface area contributed by atoms with Crippen LogP contribution >= 0.6 is 45.2 Å². The highest BCUT2D eigenvalue weighted by molar-refractivity contribution is 14.1. The third kappa shape index (κ3) is 3.82. The Bertz CT molecular complexity index is 627. The average Bonchev–Trinajstić information content (AvgIpc) is 2.37. The number of halogens is 2. The first-order valence-electron chi connectivity index (χ1n) is 5.60. The first-order chi connectivity index (χ1) is 9.08. The van der Waals surface area contributed by atoms with E-state index in [1.165, 1.54) is 0 Å². The van der Waals surface area contributed by atoms with Gasteiger partial charge in [0.2, 0.25) is 0 Å². The predicted octanol–water partition coefficient (Wildman–Crippen LogP) is 4.36. The van der Waals surface area contributed by atoms with Crippen LogP contribution in [0.3, 0.4) is 0 Å². The molecule has 0 aliphatic rings. The minimum absolute atomic E-state index is 0.261. The maximum atomic E-state index is 9.94. The van der Waals surface area contributed by atoms with E-state index in [0.29, 0.717) is 5.56 Å². The second-order valence-electron chi connectivity index (χ2n) is 4.01. The van der Waals surface area contributed by atoms with Gasteiger partial charge >= 0.3 is 0 Å². The average molecular weight is 478 g/mol. The van der Waals surface area contributed by atoms with Gasteiger partial charge in [-0.3, -0.25) is 5.43 Å². The summed E-state index contributed by atoms with van der Waals surface area (Å²) in [6, 6.07) is 11.7. The summed E-state index contributed by atoms with van der Waals surface area (Å²) in [6.07, 6.45) is 1.63. The summed E-state index contributed by atoms with van der Waals surface area (Å²) in [4.78, 5) is 0. The standard InChI is InChI=1S/C14H12I2N2O/c1-9-4-2-3-5-13(9)18-17-8-10-6-11(15)7-12(16)14(10)19/h2-8,18-19H,1H3. The molecule has 0 fully saturated rings. The van der Waals surface area contributed by atoms with Crippen LogP contribution < -0.4 is 5.43 Å². The molecule has 0 amide bonds. The first-order valence-corrected chi connectivity index (χ1v) is 7.76. The molecule has 0 saturated heterocycles. The number of para-hydroxylation sites is 1. The number of aromatic hydroxyl groups is 1. The Labute approximate surface area is 139 Å². The van der Waals surface area contributed by atoms with Crippen LogP contribution in [-0.4, -0.2) is 11.3 Å². The Morgan fingerprint density at radius 2 is 1.95 bits per heavy atom. The summed E-state index contributed by atoms with van der Waals surface area (Å²) in [7, 11) is 0. The lowest BCUT2D eigenvalue weighted by Gasteiger charge is -2.05. The van der Waals surface area contributed by atoms with E-state index in [2.05, 4.69) is 55.7 Å². The Kier molecular flexibility index (Phi) is 5.03. The van der Waals surface area contributed by atoms with Crippen molar-refractivity contribution in [1.82, 2.24) is 0 Å². The zero-order valence-electron chi connectivity index (χ0n) is 10.2. The van der Waals surface area contributed by atoms with Crippen LogP contribution in [0.2, 0.25) is 0 Å². The molecule has 0 unspecified atom stereocenters. The fourth-order valence-corrected chi connectivity index (χ4v) is 3.44. The van der Waals surface area contributed by atoms with E-state index in [-0.39, 0.29) is 5.75 Å². The molecule has 0 spiro atoms. The summed E-state index contributed by atoms with van der Waals surface area (Å²) in [6.45, 7) is 2.02. The molecular formula is C14H12I2N2O. The number of hydrogen-bond acceptors (Lipinski definition) is 3. The van der Waals surface area contributed by atoms with Gasteiger partial charge in [-0.05, 0) is 75.9 Å². The number of hydrazone groups is 1. The fourth-order valence-electron chi connectivity index (χ4n) is 1.55. The Morgan fingerprint density at radius 3 is 2.68 bits per heavy atom. The summed E-state index contributed by atoms with van der Waals surface area (Å²) >= 11 is 4.33. The van der Waals surface area contributed by atoms with Gasteiger partial charge in [-0.15, -0.1) is 0 Å². The van der Waals surface area contributed by atoms with E-state index < -0.39 is 0 Å². The summed E-state index contributed by atoms with van der Waals surface area (Å²) < 4.78 is 1.89. The minimum atomic E-state index is 0.261. The van der Waals surface area contributed by atoms with Crippen LogP contribution in [0.25, 0.3) is 0 Å². The molecular weight excluding hydrogens is 466 g/mol. The Hall–Kier alpha value is -0.830. The van der Waals surface area contributed by atoms with Gasteiger partial charge in [0.05, 0.1) is 15.5 Å². The number of phenolic OH excluding ortho intramolecular Hbond substituents is 1. The van der Waals surface area contributed by atoms with Crippen LogP contribution in [0.5, 0.6) is 5.75 Å². The van der Waals surface area contributed by atoms with Crippen LogP contribution in [0.1, 0.15) is 11.1 Å². The maximum absolute atomic E-state index is 9.94. The maximum Gasteiger partial charge on any atom is 0.137 e. The van der Waals surface area contributed by atoms with Crippen molar-refractivity contribution in [1.29, 1.82) is 0 Å². The molecule has 0 saturated carbocycles. The van der Waals surface area contributed by atoms with Crippen molar-refractivity contribution in [3.8, 4) is 5.75 Å². The largest absolute Gasteiger partial charge is 0.506 e. The molecule has 0 aliphatic carbocycles. The lowest BCUT2D eigenvalue weighted by molar-refractivity contribution is 0.470. The number of anilines is 1. The van der Waals surface area contributed by atoms with E-state index in [4.69, 9.17) is 0 Å². The van der Waals surface area contributed by atoms with Gasteiger partial charge in [0.25, 0.3) is 0 Å². The molecule has 5 heteroatoms.